The second-order valence-corrected chi connectivity index (χ2v) is 10.6. The normalized spacial score (nSPS) is 21.0. The van der Waals surface area contributed by atoms with Crippen LogP contribution in [0.5, 0.6) is 0 Å². The van der Waals surface area contributed by atoms with Gasteiger partial charge in [0.1, 0.15) is 17.2 Å². The molecule has 0 bridgehead atoms. The van der Waals surface area contributed by atoms with Crippen molar-refractivity contribution in [3.8, 4) is 11.1 Å². The van der Waals surface area contributed by atoms with Crippen LogP contribution < -0.4 is 15.5 Å². The number of anilines is 3. The Morgan fingerprint density at radius 2 is 1.92 bits per heavy atom. The first-order valence-corrected chi connectivity index (χ1v) is 13.2. The number of alkyl halides is 3. The van der Waals surface area contributed by atoms with Crippen molar-refractivity contribution in [2.75, 3.05) is 74.7 Å². The van der Waals surface area contributed by atoms with Crippen LogP contribution >= 0.6 is 0 Å². The predicted octanol–water partition coefficient (Wildman–Crippen LogP) is 3.87. The van der Waals surface area contributed by atoms with E-state index in [4.69, 9.17) is 14.5 Å². The van der Waals surface area contributed by atoms with Crippen molar-refractivity contribution in [1.29, 1.82) is 0 Å². The fourth-order valence-electron chi connectivity index (χ4n) is 5.24. The molecule has 0 aliphatic carbocycles. The fraction of sp³-hybridized carbons (Fsp3) is 0.556. The van der Waals surface area contributed by atoms with Crippen LogP contribution in [0.3, 0.4) is 0 Å². The molecule has 3 aliphatic heterocycles. The van der Waals surface area contributed by atoms with Crippen molar-refractivity contribution in [2.45, 2.75) is 31.5 Å². The van der Waals surface area contributed by atoms with Gasteiger partial charge in [0.15, 0.2) is 0 Å². The first-order chi connectivity index (χ1) is 18.6. The van der Waals surface area contributed by atoms with Gasteiger partial charge >= 0.3 is 12.2 Å². The van der Waals surface area contributed by atoms with Crippen molar-refractivity contribution >= 4 is 23.4 Å². The molecular weight excluding hydrogens is 515 g/mol. The Kier molecular flexibility index (Phi) is 7.88. The highest BCUT2D eigenvalue weighted by Gasteiger charge is 2.39. The third kappa shape index (κ3) is 6.56. The maximum absolute atomic E-state index is 12.9. The number of aliphatic hydroxyl groups excluding tert-OH is 1. The average Bonchev–Trinajstić information content (AvgIpc) is 3.35. The number of hydrogen-bond donors (Lipinski definition) is 3. The summed E-state index contributed by atoms with van der Waals surface area (Å²) in [6.45, 7) is 5.62. The van der Waals surface area contributed by atoms with Crippen LogP contribution in [0.2, 0.25) is 0 Å². The van der Waals surface area contributed by atoms with Crippen molar-refractivity contribution in [3.63, 3.8) is 0 Å². The Labute approximate surface area is 225 Å². The molecule has 3 aliphatic rings. The van der Waals surface area contributed by atoms with Crippen molar-refractivity contribution < 1.29 is 32.5 Å². The predicted molar refractivity (Wildman–Crippen MR) is 141 cm³/mol. The molecule has 1 aromatic carbocycles. The summed E-state index contributed by atoms with van der Waals surface area (Å²) in [5.74, 6) is 0.801. The number of likely N-dealkylation sites (tertiary alicyclic amines) is 1. The molecule has 5 rings (SSSR count). The van der Waals surface area contributed by atoms with Crippen LogP contribution in [0.25, 0.3) is 11.1 Å². The van der Waals surface area contributed by atoms with E-state index in [2.05, 4.69) is 15.5 Å². The second kappa shape index (κ2) is 11.2. The highest BCUT2D eigenvalue weighted by molar-refractivity contribution is 5.91. The quantitative estimate of drug-likeness (QED) is 0.482. The van der Waals surface area contributed by atoms with E-state index in [0.717, 1.165) is 22.5 Å². The van der Waals surface area contributed by atoms with Gasteiger partial charge in [-0.3, -0.25) is 0 Å². The fourth-order valence-corrected chi connectivity index (χ4v) is 5.24. The molecule has 2 aromatic rings. The molecule has 4 heterocycles. The average molecular weight is 550 g/mol. The number of aliphatic hydroxyl groups is 1. The van der Waals surface area contributed by atoms with Crippen LogP contribution in [-0.4, -0.2) is 92.0 Å². The van der Waals surface area contributed by atoms with Gasteiger partial charge in [-0.05, 0) is 60.2 Å². The van der Waals surface area contributed by atoms with Crippen molar-refractivity contribution in [1.82, 2.24) is 9.88 Å². The molecule has 0 radical (unpaired) electrons. The minimum Gasteiger partial charge on any atom is -0.394 e. The molecule has 3 saturated heterocycles. The Balaban J connectivity index is 1.38. The Morgan fingerprint density at radius 1 is 1.15 bits per heavy atom. The zero-order valence-electron chi connectivity index (χ0n) is 21.9. The summed E-state index contributed by atoms with van der Waals surface area (Å²) in [6.07, 6.45) is -4.77. The number of ether oxygens (including phenoxy) is 2. The van der Waals surface area contributed by atoms with Gasteiger partial charge in [-0.1, -0.05) is 6.07 Å². The molecule has 0 saturated carbocycles. The zero-order chi connectivity index (χ0) is 27.6. The zero-order valence-corrected chi connectivity index (χ0v) is 21.9. The van der Waals surface area contributed by atoms with E-state index in [1.165, 1.54) is 4.90 Å². The smallest absolute Gasteiger partial charge is 0.389 e. The summed E-state index contributed by atoms with van der Waals surface area (Å²) < 4.78 is 49.2. The van der Waals surface area contributed by atoms with Crippen LogP contribution in [0.4, 0.5) is 35.3 Å². The molecule has 1 aromatic heterocycles. The number of aromatic nitrogens is 1. The number of halogens is 3. The minimum absolute atomic E-state index is 0.0860. The van der Waals surface area contributed by atoms with E-state index < -0.39 is 30.1 Å². The second-order valence-electron chi connectivity index (χ2n) is 10.6. The number of pyridine rings is 1. The van der Waals surface area contributed by atoms with E-state index in [0.29, 0.717) is 64.0 Å². The molecule has 3 N–H and O–H groups in total. The van der Waals surface area contributed by atoms with Crippen LogP contribution in [-0.2, 0) is 9.47 Å². The van der Waals surface area contributed by atoms with E-state index in [1.54, 1.807) is 6.07 Å². The molecule has 39 heavy (non-hydrogen) atoms. The highest BCUT2D eigenvalue weighted by Crippen LogP contribution is 2.34. The lowest BCUT2D eigenvalue weighted by Gasteiger charge is -2.41. The van der Waals surface area contributed by atoms with Gasteiger partial charge in [0.05, 0.1) is 33.0 Å². The Hall–Kier alpha value is -3.09. The number of morpholine rings is 1. The molecule has 0 unspecified atom stereocenters. The number of urea groups is 1. The van der Waals surface area contributed by atoms with Crippen molar-refractivity contribution in [2.24, 2.45) is 5.92 Å². The molecule has 9 nitrogen and oxygen atoms in total. The number of amides is 2. The molecule has 12 heteroatoms. The molecular formula is C27H34F3N5O4. The largest absolute Gasteiger partial charge is 0.394 e. The number of benzene rings is 1. The molecule has 2 amide bonds. The summed E-state index contributed by atoms with van der Waals surface area (Å²) in [5.41, 5.74) is 2.71. The molecule has 3 fully saturated rings. The third-order valence-corrected chi connectivity index (χ3v) is 7.49. The number of rotatable bonds is 7. The van der Waals surface area contributed by atoms with Gasteiger partial charge in [-0.15, -0.1) is 0 Å². The lowest BCUT2D eigenvalue weighted by atomic mass is 9.97. The summed E-state index contributed by atoms with van der Waals surface area (Å²) in [5, 5.41) is 16.1. The number of hydrogen-bond acceptors (Lipinski definition) is 7. The monoisotopic (exact) mass is 549 g/mol. The Morgan fingerprint density at radius 3 is 2.59 bits per heavy atom. The summed E-state index contributed by atoms with van der Waals surface area (Å²) in [6, 6.07) is 9.06. The lowest BCUT2D eigenvalue weighted by Crippen LogP contribution is -2.58. The maximum atomic E-state index is 12.9. The van der Waals surface area contributed by atoms with E-state index in [9.17, 15) is 23.1 Å². The first kappa shape index (κ1) is 27.5. The summed E-state index contributed by atoms with van der Waals surface area (Å²) >= 11 is 0. The third-order valence-electron chi connectivity index (χ3n) is 7.49. The van der Waals surface area contributed by atoms with Gasteiger partial charge in [-0.25, -0.2) is 9.78 Å². The van der Waals surface area contributed by atoms with Gasteiger partial charge in [0, 0.05) is 38.3 Å². The van der Waals surface area contributed by atoms with Crippen LogP contribution in [0.1, 0.15) is 18.4 Å². The maximum Gasteiger partial charge on any atom is 0.389 e. The lowest BCUT2D eigenvalue weighted by molar-refractivity contribution is -0.143. The number of carbonyl (C=O) groups excluding carboxylic acids is 1. The van der Waals surface area contributed by atoms with Crippen molar-refractivity contribution in [3.05, 3.63) is 35.9 Å². The molecule has 1 atom stereocenters. The van der Waals surface area contributed by atoms with Crippen LogP contribution in [0.15, 0.2) is 30.3 Å². The number of nitrogens with zero attached hydrogens (tertiary/aromatic N) is 3. The van der Waals surface area contributed by atoms with E-state index in [1.807, 2.05) is 31.2 Å². The van der Waals surface area contributed by atoms with E-state index >= 15 is 0 Å². The van der Waals surface area contributed by atoms with Gasteiger partial charge in [-0.2, -0.15) is 13.2 Å². The number of carbonyl (C=O) groups is 1. The molecule has 0 spiro atoms. The number of nitrogens with one attached hydrogen (secondary N) is 2. The SMILES string of the molecule is Cc1ccc(NC(=O)N2CC[C@@H](CC(F)(F)F)C2)cc1-c1cc(NC2(CO)COC2)nc(N2CCOCC2)c1. The van der Waals surface area contributed by atoms with E-state index in [-0.39, 0.29) is 13.2 Å². The molecule has 212 valence electrons. The Bertz CT molecular complexity index is 1180. The van der Waals surface area contributed by atoms with Gasteiger partial charge < -0.3 is 35.0 Å². The standard InChI is InChI=1S/C27H34F3N5O4/c1-18-2-3-21(31-25(37)35-5-4-19(14-35)13-27(28,29)30)12-22(18)20-10-23(33-26(15-36)16-39-17-26)32-24(11-20)34-6-8-38-9-7-34/h2-3,10-12,19,36H,4-9,13-17H2,1H3,(H,31,37)(H,32,33)/t19-/m0/s1. The number of aryl methyl sites for hydroxylation is 1. The minimum atomic E-state index is -4.23. The van der Waals surface area contributed by atoms with Gasteiger partial charge in [0.25, 0.3) is 0 Å². The highest BCUT2D eigenvalue weighted by atomic mass is 19.4. The summed E-state index contributed by atoms with van der Waals surface area (Å²) in [4.78, 5) is 21.3. The van der Waals surface area contributed by atoms with Crippen LogP contribution in [0, 0.1) is 12.8 Å². The first-order valence-electron chi connectivity index (χ1n) is 13.2. The summed E-state index contributed by atoms with van der Waals surface area (Å²) in [7, 11) is 0. The van der Waals surface area contributed by atoms with Gasteiger partial charge in [0.2, 0.25) is 0 Å². The topological polar surface area (TPSA) is 99.2 Å².